The molecule has 1 aromatic carbocycles. The minimum atomic E-state index is -0.656. The van der Waals surface area contributed by atoms with E-state index in [-0.39, 0.29) is 11.3 Å². The molecular weight excluding hydrogens is 442 g/mol. The number of aliphatic hydroxyl groups excluding tert-OH is 1. The van der Waals surface area contributed by atoms with Crippen molar-refractivity contribution in [3.8, 4) is 5.75 Å². The summed E-state index contributed by atoms with van der Waals surface area (Å²) < 4.78 is 5.71. The molecule has 0 radical (unpaired) electrons. The maximum Gasteiger partial charge on any atom is 0.296 e. The molecule has 166 valence electrons. The van der Waals surface area contributed by atoms with E-state index in [0.29, 0.717) is 30.4 Å². The zero-order valence-corrected chi connectivity index (χ0v) is 19.8. The summed E-state index contributed by atoms with van der Waals surface area (Å²) in [5.74, 6) is -0.313. The average Bonchev–Trinajstić information content (AvgIpc) is 3.49. The van der Waals surface area contributed by atoms with Gasteiger partial charge in [-0.2, -0.15) is 0 Å². The van der Waals surface area contributed by atoms with Crippen LogP contribution < -0.4 is 4.74 Å². The Bertz CT molecular complexity index is 1140. The van der Waals surface area contributed by atoms with Gasteiger partial charge in [0.15, 0.2) is 0 Å². The van der Waals surface area contributed by atoms with Crippen molar-refractivity contribution < 1.29 is 19.4 Å². The molecule has 0 bridgehead atoms. The van der Waals surface area contributed by atoms with Crippen molar-refractivity contribution in [3.05, 3.63) is 79.7 Å². The Morgan fingerprint density at radius 2 is 1.84 bits per heavy atom. The van der Waals surface area contributed by atoms with E-state index < -0.39 is 17.7 Å². The summed E-state index contributed by atoms with van der Waals surface area (Å²) in [4.78, 5) is 29.6. The second-order valence-corrected chi connectivity index (χ2v) is 10.2. The highest BCUT2D eigenvalue weighted by Gasteiger charge is 2.47. The number of likely N-dealkylation sites (tertiary alicyclic amines) is 1. The number of carbonyl (C=O) groups is 2. The molecule has 32 heavy (non-hydrogen) atoms. The van der Waals surface area contributed by atoms with E-state index in [1.54, 1.807) is 29.2 Å². The number of aryl methyl sites for hydroxylation is 1. The SMILES string of the molecule is Cc1ccsc1C1/C(=C(/O)c2ccc(OCC(C)C)cc2)C(=O)C(=O)N1Cc1cccs1. The largest absolute Gasteiger partial charge is 0.507 e. The lowest BCUT2D eigenvalue weighted by atomic mass is 9.98. The van der Waals surface area contributed by atoms with Gasteiger partial charge in [0.05, 0.1) is 18.7 Å². The van der Waals surface area contributed by atoms with Gasteiger partial charge in [-0.05, 0) is 65.6 Å². The Kier molecular flexibility index (Phi) is 6.48. The molecule has 0 spiro atoms. The summed E-state index contributed by atoms with van der Waals surface area (Å²) in [5, 5.41) is 15.1. The molecule has 1 amide bonds. The van der Waals surface area contributed by atoms with Gasteiger partial charge in [-0.15, -0.1) is 22.7 Å². The molecule has 7 heteroatoms. The Morgan fingerprint density at radius 3 is 2.44 bits per heavy atom. The fraction of sp³-hybridized carbons (Fsp3) is 0.280. The lowest BCUT2D eigenvalue weighted by Gasteiger charge is -2.24. The number of ether oxygens (including phenoxy) is 1. The van der Waals surface area contributed by atoms with Crippen molar-refractivity contribution in [2.75, 3.05) is 6.61 Å². The van der Waals surface area contributed by atoms with Crippen molar-refractivity contribution in [1.29, 1.82) is 0 Å². The van der Waals surface area contributed by atoms with Crippen LogP contribution in [0.2, 0.25) is 0 Å². The minimum Gasteiger partial charge on any atom is -0.507 e. The van der Waals surface area contributed by atoms with Gasteiger partial charge in [-0.25, -0.2) is 0 Å². The number of nitrogens with zero attached hydrogens (tertiary/aromatic N) is 1. The van der Waals surface area contributed by atoms with Gasteiger partial charge < -0.3 is 14.7 Å². The average molecular weight is 468 g/mol. The highest BCUT2D eigenvalue weighted by molar-refractivity contribution is 7.10. The molecule has 1 aliphatic rings. The molecule has 0 aliphatic carbocycles. The van der Waals surface area contributed by atoms with Gasteiger partial charge in [0.1, 0.15) is 17.6 Å². The molecule has 1 saturated heterocycles. The first-order valence-corrected chi connectivity index (χ1v) is 12.2. The third-order valence-corrected chi connectivity index (χ3v) is 7.24. The number of thiophene rings is 2. The topological polar surface area (TPSA) is 66.8 Å². The first-order valence-electron chi connectivity index (χ1n) is 10.4. The van der Waals surface area contributed by atoms with E-state index in [4.69, 9.17) is 4.74 Å². The fourth-order valence-corrected chi connectivity index (χ4v) is 5.43. The monoisotopic (exact) mass is 467 g/mol. The molecule has 1 N–H and O–H groups in total. The van der Waals surface area contributed by atoms with Crippen LogP contribution in [-0.2, 0) is 16.1 Å². The van der Waals surface area contributed by atoms with Crippen LogP contribution >= 0.6 is 22.7 Å². The third-order valence-electron chi connectivity index (χ3n) is 5.31. The summed E-state index contributed by atoms with van der Waals surface area (Å²) in [6.07, 6.45) is 0. The van der Waals surface area contributed by atoms with Crippen LogP contribution in [0, 0.1) is 12.8 Å². The number of rotatable bonds is 7. The summed E-state index contributed by atoms with van der Waals surface area (Å²) in [7, 11) is 0. The third kappa shape index (κ3) is 4.36. The lowest BCUT2D eigenvalue weighted by molar-refractivity contribution is -0.140. The molecule has 3 heterocycles. The van der Waals surface area contributed by atoms with E-state index >= 15 is 0 Å². The number of Topliss-reactive ketones (excluding diaryl/α,β-unsaturated/α-hetero) is 1. The van der Waals surface area contributed by atoms with Crippen molar-refractivity contribution in [2.24, 2.45) is 5.92 Å². The fourth-order valence-electron chi connectivity index (χ4n) is 3.68. The molecule has 4 rings (SSSR count). The molecule has 1 unspecified atom stereocenters. The maximum absolute atomic E-state index is 13.1. The molecule has 3 aromatic rings. The molecule has 1 atom stereocenters. The van der Waals surface area contributed by atoms with E-state index in [0.717, 1.165) is 15.3 Å². The van der Waals surface area contributed by atoms with E-state index in [1.165, 1.54) is 22.7 Å². The van der Waals surface area contributed by atoms with Gasteiger partial charge in [-0.3, -0.25) is 9.59 Å². The summed E-state index contributed by atoms with van der Waals surface area (Å²) in [6, 6.07) is 12.2. The van der Waals surface area contributed by atoms with Crippen LogP contribution in [0.4, 0.5) is 0 Å². The molecule has 1 fully saturated rings. The second kappa shape index (κ2) is 9.30. The highest BCUT2D eigenvalue weighted by Crippen LogP contribution is 2.43. The molecule has 0 saturated carbocycles. The lowest BCUT2D eigenvalue weighted by Crippen LogP contribution is -2.28. The zero-order chi connectivity index (χ0) is 22.8. The van der Waals surface area contributed by atoms with Gasteiger partial charge >= 0.3 is 0 Å². The Balaban J connectivity index is 1.74. The summed E-state index contributed by atoms with van der Waals surface area (Å²) in [5.41, 5.74) is 1.60. The van der Waals surface area contributed by atoms with Crippen LogP contribution in [0.1, 0.15) is 40.8 Å². The number of hydrogen-bond donors (Lipinski definition) is 1. The van der Waals surface area contributed by atoms with Gasteiger partial charge in [0.25, 0.3) is 11.7 Å². The number of benzene rings is 1. The predicted octanol–water partition coefficient (Wildman–Crippen LogP) is 5.77. The Hall–Kier alpha value is -2.90. The predicted molar refractivity (Wildman–Crippen MR) is 128 cm³/mol. The van der Waals surface area contributed by atoms with E-state index in [1.807, 2.05) is 35.9 Å². The number of carbonyl (C=O) groups excluding carboxylic acids is 2. The van der Waals surface area contributed by atoms with Crippen molar-refractivity contribution in [2.45, 2.75) is 33.4 Å². The van der Waals surface area contributed by atoms with Crippen LogP contribution in [0.25, 0.3) is 5.76 Å². The van der Waals surface area contributed by atoms with E-state index in [9.17, 15) is 14.7 Å². The number of ketones is 1. The van der Waals surface area contributed by atoms with Crippen LogP contribution in [-0.4, -0.2) is 28.3 Å². The smallest absolute Gasteiger partial charge is 0.296 e. The minimum absolute atomic E-state index is 0.132. The van der Waals surface area contributed by atoms with Crippen molar-refractivity contribution >= 4 is 40.1 Å². The molecule has 5 nitrogen and oxygen atoms in total. The van der Waals surface area contributed by atoms with E-state index in [2.05, 4.69) is 13.8 Å². The number of aliphatic hydroxyl groups is 1. The second-order valence-electron chi connectivity index (χ2n) is 8.20. The number of amides is 1. The summed E-state index contributed by atoms with van der Waals surface area (Å²) in [6.45, 7) is 7.02. The standard InChI is InChI=1S/C25H25NO4S2/c1-15(2)14-30-18-8-6-17(7-9-18)22(27)20-21(24-16(3)10-12-32-24)26(25(29)23(20)28)13-19-5-4-11-31-19/h4-12,15,21,27H,13-14H2,1-3H3/b22-20-. The quantitative estimate of drug-likeness (QED) is 0.272. The molecule has 2 aromatic heterocycles. The highest BCUT2D eigenvalue weighted by atomic mass is 32.1. The maximum atomic E-state index is 13.1. The van der Waals surface area contributed by atoms with Gasteiger partial charge in [0.2, 0.25) is 0 Å². The Labute approximate surface area is 195 Å². The normalized spacial score (nSPS) is 18.0. The van der Waals surface area contributed by atoms with Gasteiger partial charge in [-0.1, -0.05) is 19.9 Å². The van der Waals surface area contributed by atoms with Crippen LogP contribution in [0.5, 0.6) is 5.75 Å². The Morgan fingerprint density at radius 1 is 1.09 bits per heavy atom. The van der Waals surface area contributed by atoms with Gasteiger partial charge in [0, 0.05) is 15.3 Å². The zero-order valence-electron chi connectivity index (χ0n) is 18.2. The van der Waals surface area contributed by atoms with Crippen molar-refractivity contribution in [1.82, 2.24) is 4.90 Å². The molecule has 1 aliphatic heterocycles. The first-order chi connectivity index (χ1) is 15.4. The summed E-state index contributed by atoms with van der Waals surface area (Å²) >= 11 is 3.02. The van der Waals surface area contributed by atoms with Crippen LogP contribution in [0.15, 0.2) is 58.8 Å². The van der Waals surface area contributed by atoms with Crippen molar-refractivity contribution in [3.63, 3.8) is 0 Å². The number of hydrogen-bond acceptors (Lipinski definition) is 6. The van der Waals surface area contributed by atoms with Crippen LogP contribution in [0.3, 0.4) is 0 Å². The first kappa shape index (κ1) is 22.3. The molecular formula is C25H25NO4S2.